The maximum atomic E-state index is 12.5. The Morgan fingerprint density at radius 2 is 1.93 bits per heavy atom. The molecule has 1 aliphatic rings. The second-order valence-electron chi connectivity index (χ2n) is 7.07. The van der Waals surface area contributed by atoms with Gasteiger partial charge < -0.3 is 20.5 Å². The first-order valence-electron chi connectivity index (χ1n) is 9.45. The van der Waals surface area contributed by atoms with E-state index >= 15 is 0 Å². The van der Waals surface area contributed by atoms with Crippen LogP contribution in [-0.2, 0) is 27.2 Å². The number of benzene rings is 1. The second-order valence-corrected chi connectivity index (χ2v) is 8.18. The van der Waals surface area contributed by atoms with Crippen molar-refractivity contribution in [2.45, 2.75) is 52.2 Å². The Morgan fingerprint density at radius 3 is 2.62 bits per heavy atom. The molecular formula is C21H24N2O5S. The molecule has 7 nitrogen and oxygen atoms in total. The molecule has 1 aromatic carbocycles. The van der Waals surface area contributed by atoms with Gasteiger partial charge in [0.05, 0.1) is 5.56 Å². The van der Waals surface area contributed by atoms with Crippen molar-refractivity contribution >= 4 is 34.1 Å². The number of nitrogens with two attached hydrogens (primary N) is 1. The van der Waals surface area contributed by atoms with Crippen molar-refractivity contribution in [2.75, 3.05) is 5.32 Å². The maximum Gasteiger partial charge on any atom is 0.347 e. The number of nitrogens with one attached hydrogen (secondary N) is 1. The number of carbonyl (C=O) groups is 3. The highest BCUT2D eigenvalue weighted by atomic mass is 32.1. The first-order valence-corrected chi connectivity index (χ1v) is 10.3. The van der Waals surface area contributed by atoms with Gasteiger partial charge in [0.25, 0.3) is 11.8 Å². The number of aryl methyl sites for hydroxylation is 2. The Bertz CT molecular complexity index is 953. The van der Waals surface area contributed by atoms with Gasteiger partial charge in [0.2, 0.25) is 0 Å². The van der Waals surface area contributed by atoms with Crippen molar-refractivity contribution in [3.05, 3.63) is 45.8 Å². The Labute approximate surface area is 173 Å². The van der Waals surface area contributed by atoms with E-state index in [9.17, 15) is 14.4 Å². The molecule has 0 spiro atoms. The minimum atomic E-state index is -1.05. The highest BCUT2D eigenvalue weighted by Crippen LogP contribution is 2.38. The average Bonchev–Trinajstić information content (AvgIpc) is 3.21. The molecule has 2 atom stereocenters. The van der Waals surface area contributed by atoms with Gasteiger partial charge in [0, 0.05) is 4.88 Å². The Kier molecular flexibility index (Phi) is 6.22. The summed E-state index contributed by atoms with van der Waals surface area (Å²) in [4.78, 5) is 37.7. The van der Waals surface area contributed by atoms with Crippen LogP contribution in [0.3, 0.4) is 0 Å². The number of rotatable bonds is 7. The molecule has 0 saturated carbocycles. The number of primary amides is 1. The normalized spacial score (nSPS) is 14.6. The van der Waals surface area contributed by atoms with E-state index in [0.29, 0.717) is 16.3 Å². The minimum absolute atomic E-state index is 0.366. The minimum Gasteiger partial charge on any atom is -0.479 e. The van der Waals surface area contributed by atoms with E-state index in [1.165, 1.54) is 18.3 Å². The second kappa shape index (κ2) is 8.65. The summed E-state index contributed by atoms with van der Waals surface area (Å²) in [6.45, 7) is 4.95. The molecular weight excluding hydrogens is 392 g/mol. The first kappa shape index (κ1) is 20.9. The van der Waals surface area contributed by atoms with Gasteiger partial charge in [-0.1, -0.05) is 12.1 Å². The predicted molar refractivity (Wildman–Crippen MR) is 110 cm³/mol. The fourth-order valence-electron chi connectivity index (χ4n) is 3.23. The number of anilines is 1. The van der Waals surface area contributed by atoms with Crippen LogP contribution in [0.4, 0.5) is 5.00 Å². The topological polar surface area (TPSA) is 108 Å². The predicted octanol–water partition coefficient (Wildman–Crippen LogP) is 2.98. The van der Waals surface area contributed by atoms with Crippen LogP contribution < -0.4 is 15.8 Å². The van der Waals surface area contributed by atoms with E-state index in [-0.39, 0.29) is 0 Å². The number of amides is 2. The van der Waals surface area contributed by atoms with Crippen LogP contribution in [0.1, 0.15) is 46.6 Å². The van der Waals surface area contributed by atoms with Crippen molar-refractivity contribution in [3.63, 3.8) is 0 Å². The highest BCUT2D eigenvalue weighted by Gasteiger charge is 2.28. The van der Waals surface area contributed by atoms with Crippen LogP contribution in [0, 0.1) is 6.92 Å². The number of hydrogen-bond donors (Lipinski definition) is 2. The van der Waals surface area contributed by atoms with Gasteiger partial charge in [-0.2, -0.15) is 0 Å². The zero-order valence-corrected chi connectivity index (χ0v) is 17.4. The summed E-state index contributed by atoms with van der Waals surface area (Å²) in [5.74, 6) is -1.20. The van der Waals surface area contributed by atoms with Crippen LogP contribution in [-0.4, -0.2) is 30.0 Å². The van der Waals surface area contributed by atoms with Crippen LogP contribution in [0.25, 0.3) is 0 Å². The fraction of sp³-hybridized carbons (Fsp3) is 0.381. The standard InChI is InChI=1S/C21H24N2O5S/c1-11-6-4-7-14(10-11)27-13(3)21(26)28-12(2)19(25)23-20-17(18(22)24)15-8-5-9-16(15)29-20/h4,6-7,10,12-13H,5,8-9H2,1-3H3,(H2,22,24)(H,23,25)/t12-,13+/m1/s1. The molecule has 8 heteroatoms. The largest absolute Gasteiger partial charge is 0.479 e. The van der Waals surface area contributed by atoms with Gasteiger partial charge in [-0.3, -0.25) is 9.59 Å². The summed E-state index contributed by atoms with van der Waals surface area (Å²) in [5.41, 5.74) is 7.79. The van der Waals surface area contributed by atoms with Crippen LogP contribution in [0.2, 0.25) is 0 Å². The number of carbonyl (C=O) groups excluding carboxylic acids is 3. The summed E-state index contributed by atoms with van der Waals surface area (Å²) in [6, 6.07) is 7.30. The molecule has 3 rings (SSSR count). The molecule has 1 aliphatic carbocycles. The zero-order valence-electron chi connectivity index (χ0n) is 16.6. The van der Waals surface area contributed by atoms with E-state index in [1.807, 2.05) is 19.1 Å². The number of fused-ring (bicyclic) bond motifs is 1. The molecule has 0 saturated heterocycles. The van der Waals surface area contributed by atoms with E-state index in [4.69, 9.17) is 15.2 Å². The van der Waals surface area contributed by atoms with Gasteiger partial charge >= 0.3 is 5.97 Å². The molecule has 0 bridgehead atoms. The molecule has 0 aliphatic heterocycles. The Morgan fingerprint density at radius 1 is 1.17 bits per heavy atom. The Balaban J connectivity index is 1.61. The molecule has 154 valence electrons. The molecule has 3 N–H and O–H groups in total. The smallest absolute Gasteiger partial charge is 0.347 e. The van der Waals surface area contributed by atoms with Crippen LogP contribution >= 0.6 is 11.3 Å². The summed E-state index contributed by atoms with van der Waals surface area (Å²) in [5, 5.41) is 3.10. The van der Waals surface area contributed by atoms with Crippen LogP contribution in [0.5, 0.6) is 5.75 Å². The lowest BCUT2D eigenvalue weighted by Crippen LogP contribution is -2.35. The van der Waals surface area contributed by atoms with Crippen molar-refractivity contribution in [1.82, 2.24) is 0 Å². The quantitative estimate of drug-likeness (QED) is 0.675. The van der Waals surface area contributed by atoms with E-state index in [2.05, 4.69) is 5.32 Å². The number of esters is 1. The third-order valence-corrected chi connectivity index (χ3v) is 5.91. The molecule has 0 unspecified atom stereocenters. The van der Waals surface area contributed by atoms with Crippen molar-refractivity contribution in [3.8, 4) is 5.75 Å². The van der Waals surface area contributed by atoms with E-state index in [1.54, 1.807) is 19.1 Å². The number of ether oxygens (including phenoxy) is 2. The van der Waals surface area contributed by atoms with Crippen molar-refractivity contribution < 1.29 is 23.9 Å². The highest BCUT2D eigenvalue weighted by molar-refractivity contribution is 7.17. The summed E-state index contributed by atoms with van der Waals surface area (Å²) in [6.07, 6.45) is 0.692. The van der Waals surface area contributed by atoms with Gasteiger partial charge in [-0.05, 0) is 63.3 Å². The fourth-order valence-corrected chi connectivity index (χ4v) is 4.53. The Hall–Kier alpha value is -2.87. The maximum absolute atomic E-state index is 12.5. The third-order valence-electron chi connectivity index (χ3n) is 4.70. The summed E-state index contributed by atoms with van der Waals surface area (Å²) >= 11 is 1.35. The average molecular weight is 416 g/mol. The lowest BCUT2D eigenvalue weighted by atomic mass is 10.1. The van der Waals surface area contributed by atoms with Gasteiger partial charge in [-0.25, -0.2) is 4.79 Å². The van der Waals surface area contributed by atoms with Gasteiger partial charge in [0.1, 0.15) is 10.8 Å². The summed E-state index contributed by atoms with van der Waals surface area (Å²) in [7, 11) is 0. The molecule has 1 aromatic heterocycles. The molecule has 1 heterocycles. The molecule has 2 aromatic rings. The van der Waals surface area contributed by atoms with Gasteiger partial charge in [-0.15, -0.1) is 11.3 Å². The lowest BCUT2D eigenvalue weighted by Gasteiger charge is -2.18. The van der Waals surface area contributed by atoms with Crippen LogP contribution in [0.15, 0.2) is 24.3 Å². The lowest BCUT2D eigenvalue weighted by molar-refractivity contribution is -0.159. The molecule has 29 heavy (non-hydrogen) atoms. The molecule has 0 fully saturated rings. The zero-order chi connectivity index (χ0) is 21.1. The molecule has 0 radical (unpaired) electrons. The first-order chi connectivity index (χ1) is 13.8. The summed E-state index contributed by atoms with van der Waals surface area (Å²) < 4.78 is 10.8. The van der Waals surface area contributed by atoms with Crippen molar-refractivity contribution in [1.29, 1.82) is 0 Å². The SMILES string of the molecule is Cc1cccc(O[C@@H](C)C(=O)O[C@H](C)C(=O)Nc2sc3c(c2C(N)=O)CCC3)c1. The number of hydrogen-bond acceptors (Lipinski definition) is 6. The molecule has 2 amide bonds. The monoisotopic (exact) mass is 416 g/mol. The number of thiophene rings is 1. The van der Waals surface area contributed by atoms with Gasteiger partial charge in [0.15, 0.2) is 12.2 Å². The van der Waals surface area contributed by atoms with E-state index < -0.39 is 30.0 Å². The van der Waals surface area contributed by atoms with E-state index in [0.717, 1.165) is 35.3 Å². The van der Waals surface area contributed by atoms with Crippen molar-refractivity contribution in [2.24, 2.45) is 5.73 Å². The third kappa shape index (κ3) is 4.76.